The number of carbonyl (C=O) groups excluding carboxylic acids is 1. The molecule has 3 heteroatoms. The van der Waals surface area contributed by atoms with E-state index in [1.807, 2.05) is 25.1 Å². The molecule has 0 heterocycles. The lowest BCUT2D eigenvalue weighted by Gasteiger charge is -2.10. The molecule has 0 fully saturated rings. The van der Waals surface area contributed by atoms with Gasteiger partial charge in [-0.15, -0.1) is 11.6 Å². The normalized spacial score (nSPS) is 10.0. The van der Waals surface area contributed by atoms with Crippen LogP contribution in [0.25, 0.3) is 0 Å². The number of carbonyl (C=O) groups is 1. The first-order valence-electron chi connectivity index (χ1n) is 5.62. The zero-order valence-electron chi connectivity index (χ0n) is 10.0. The van der Waals surface area contributed by atoms with Gasteiger partial charge in [-0.25, -0.2) is 0 Å². The van der Waals surface area contributed by atoms with Crippen LogP contribution < -0.4 is 4.74 Å². The molecule has 1 aromatic carbocycles. The van der Waals surface area contributed by atoms with Crippen LogP contribution >= 0.6 is 11.6 Å². The molecule has 0 aliphatic heterocycles. The van der Waals surface area contributed by atoms with Crippen LogP contribution in [0, 0.1) is 6.92 Å². The van der Waals surface area contributed by atoms with E-state index in [9.17, 15) is 4.79 Å². The Labute approximate surface area is 107 Å². The standard InChI is InChI=1S/C14H17ClO2/c1-3-9-17-14-7-6-11(2)10-12(14)13(16)5-4-8-15/h3,6-7,10H,1,4-5,8-9H2,2H3. The fraction of sp³-hybridized carbons (Fsp3) is 0.357. The van der Waals surface area contributed by atoms with Gasteiger partial charge in [0.15, 0.2) is 5.78 Å². The highest BCUT2D eigenvalue weighted by molar-refractivity contribution is 6.18. The van der Waals surface area contributed by atoms with Gasteiger partial charge < -0.3 is 4.74 Å². The number of hydrogen-bond donors (Lipinski definition) is 0. The number of hydrogen-bond acceptors (Lipinski definition) is 2. The molecule has 0 saturated heterocycles. The summed E-state index contributed by atoms with van der Waals surface area (Å²) in [6, 6.07) is 5.61. The fourth-order valence-electron chi connectivity index (χ4n) is 1.50. The predicted molar refractivity (Wildman–Crippen MR) is 71.2 cm³/mol. The van der Waals surface area contributed by atoms with Crippen molar-refractivity contribution in [3.8, 4) is 5.75 Å². The summed E-state index contributed by atoms with van der Waals surface area (Å²) in [5.41, 5.74) is 1.68. The van der Waals surface area contributed by atoms with Gasteiger partial charge >= 0.3 is 0 Å². The van der Waals surface area contributed by atoms with Crippen LogP contribution in [0.5, 0.6) is 5.75 Å². The Morgan fingerprint density at radius 3 is 2.94 bits per heavy atom. The number of ether oxygens (including phenoxy) is 1. The number of ketones is 1. The van der Waals surface area contributed by atoms with E-state index in [0.717, 1.165) is 5.56 Å². The summed E-state index contributed by atoms with van der Waals surface area (Å²) >= 11 is 5.59. The number of rotatable bonds is 7. The molecule has 1 rings (SSSR count). The van der Waals surface area contributed by atoms with Gasteiger partial charge in [0, 0.05) is 12.3 Å². The van der Waals surface area contributed by atoms with Gasteiger partial charge in [-0.1, -0.05) is 24.3 Å². The van der Waals surface area contributed by atoms with Crippen LogP contribution in [0.2, 0.25) is 0 Å². The average Bonchev–Trinajstić information content (AvgIpc) is 2.34. The van der Waals surface area contributed by atoms with E-state index in [2.05, 4.69) is 6.58 Å². The third-order valence-corrected chi connectivity index (χ3v) is 2.60. The monoisotopic (exact) mass is 252 g/mol. The van der Waals surface area contributed by atoms with E-state index in [-0.39, 0.29) is 5.78 Å². The zero-order valence-corrected chi connectivity index (χ0v) is 10.8. The molecule has 1 aromatic rings. The van der Waals surface area contributed by atoms with E-state index in [0.29, 0.717) is 36.6 Å². The summed E-state index contributed by atoms with van der Waals surface area (Å²) in [7, 11) is 0. The highest BCUT2D eigenvalue weighted by atomic mass is 35.5. The number of benzene rings is 1. The second-order valence-corrected chi connectivity index (χ2v) is 4.19. The largest absolute Gasteiger partial charge is 0.489 e. The molecule has 0 bridgehead atoms. The van der Waals surface area contributed by atoms with Gasteiger partial charge in [0.1, 0.15) is 12.4 Å². The first kappa shape index (κ1) is 13.8. The van der Waals surface area contributed by atoms with Crippen molar-refractivity contribution >= 4 is 17.4 Å². The van der Waals surface area contributed by atoms with E-state index >= 15 is 0 Å². The molecule has 0 saturated carbocycles. The average molecular weight is 253 g/mol. The minimum atomic E-state index is 0.0772. The molecule has 0 spiro atoms. The fourth-order valence-corrected chi connectivity index (χ4v) is 1.63. The molecule has 0 radical (unpaired) electrons. The molecule has 0 aliphatic carbocycles. The Kier molecular flexibility index (Phi) is 5.78. The Hall–Kier alpha value is -1.28. The van der Waals surface area contributed by atoms with Crippen LogP contribution in [0.15, 0.2) is 30.9 Å². The predicted octanol–water partition coefficient (Wildman–Crippen LogP) is 3.76. The second kappa shape index (κ2) is 7.13. The lowest BCUT2D eigenvalue weighted by Crippen LogP contribution is -2.05. The van der Waals surface area contributed by atoms with Crippen LogP contribution in [-0.2, 0) is 0 Å². The number of Topliss-reactive ketones (excluding diaryl/α,β-unsaturated/α-hetero) is 1. The van der Waals surface area contributed by atoms with Gasteiger partial charge in [0.25, 0.3) is 0 Å². The molecule has 0 unspecified atom stereocenters. The number of halogens is 1. The van der Waals surface area contributed by atoms with Crippen molar-refractivity contribution in [1.82, 2.24) is 0 Å². The van der Waals surface area contributed by atoms with Crippen LogP contribution in [0.3, 0.4) is 0 Å². The van der Waals surface area contributed by atoms with Crippen LogP contribution in [0.4, 0.5) is 0 Å². The zero-order chi connectivity index (χ0) is 12.7. The minimum absolute atomic E-state index is 0.0772. The van der Waals surface area contributed by atoms with E-state index in [4.69, 9.17) is 16.3 Å². The molecular formula is C14H17ClO2. The molecule has 92 valence electrons. The molecule has 0 amide bonds. The van der Waals surface area contributed by atoms with Crippen molar-refractivity contribution in [2.24, 2.45) is 0 Å². The molecule has 0 aliphatic rings. The maximum atomic E-state index is 12.0. The van der Waals surface area contributed by atoms with Gasteiger partial charge in [-0.05, 0) is 25.5 Å². The van der Waals surface area contributed by atoms with Crippen molar-refractivity contribution in [3.05, 3.63) is 42.0 Å². The van der Waals surface area contributed by atoms with Crippen molar-refractivity contribution in [3.63, 3.8) is 0 Å². The second-order valence-electron chi connectivity index (χ2n) is 3.82. The Balaban J connectivity index is 2.89. The summed E-state index contributed by atoms with van der Waals surface area (Å²) in [6.45, 7) is 5.95. The van der Waals surface area contributed by atoms with Crippen LogP contribution in [0.1, 0.15) is 28.8 Å². The Morgan fingerprint density at radius 1 is 1.53 bits per heavy atom. The lowest BCUT2D eigenvalue weighted by molar-refractivity contribution is 0.0978. The first-order valence-corrected chi connectivity index (χ1v) is 6.16. The van der Waals surface area contributed by atoms with Crippen molar-refractivity contribution in [2.75, 3.05) is 12.5 Å². The van der Waals surface area contributed by atoms with Gasteiger partial charge in [-0.3, -0.25) is 4.79 Å². The third-order valence-electron chi connectivity index (χ3n) is 2.33. The first-order chi connectivity index (χ1) is 8.19. The van der Waals surface area contributed by atoms with E-state index in [1.165, 1.54) is 0 Å². The quantitative estimate of drug-likeness (QED) is 0.420. The van der Waals surface area contributed by atoms with Crippen LogP contribution in [-0.4, -0.2) is 18.3 Å². The van der Waals surface area contributed by atoms with Crippen molar-refractivity contribution in [2.45, 2.75) is 19.8 Å². The van der Waals surface area contributed by atoms with E-state index < -0.39 is 0 Å². The van der Waals surface area contributed by atoms with Gasteiger partial charge in [0.2, 0.25) is 0 Å². The smallest absolute Gasteiger partial charge is 0.166 e. The molecule has 0 aromatic heterocycles. The summed E-state index contributed by atoms with van der Waals surface area (Å²) in [5, 5.41) is 0. The number of aryl methyl sites for hydroxylation is 1. The molecule has 0 atom stereocenters. The summed E-state index contributed by atoms with van der Waals surface area (Å²) in [5.74, 6) is 1.20. The summed E-state index contributed by atoms with van der Waals surface area (Å²) < 4.78 is 5.47. The highest BCUT2D eigenvalue weighted by Gasteiger charge is 2.12. The minimum Gasteiger partial charge on any atom is -0.489 e. The third kappa shape index (κ3) is 4.23. The van der Waals surface area contributed by atoms with Crippen molar-refractivity contribution in [1.29, 1.82) is 0 Å². The topological polar surface area (TPSA) is 26.3 Å². The van der Waals surface area contributed by atoms with Gasteiger partial charge in [0.05, 0.1) is 5.56 Å². The Bertz CT molecular complexity index is 399. The molecule has 17 heavy (non-hydrogen) atoms. The highest BCUT2D eigenvalue weighted by Crippen LogP contribution is 2.22. The van der Waals surface area contributed by atoms with E-state index in [1.54, 1.807) is 6.08 Å². The Morgan fingerprint density at radius 2 is 2.29 bits per heavy atom. The van der Waals surface area contributed by atoms with Crippen molar-refractivity contribution < 1.29 is 9.53 Å². The SMILES string of the molecule is C=CCOc1ccc(C)cc1C(=O)CCCCl. The molecular weight excluding hydrogens is 236 g/mol. The summed E-state index contributed by atoms with van der Waals surface area (Å²) in [6.07, 6.45) is 2.81. The maximum Gasteiger partial charge on any atom is 0.166 e. The molecule has 2 nitrogen and oxygen atoms in total. The molecule has 0 N–H and O–H groups in total. The lowest BCUT2D eigenvalue weighted by atomic mass is 10.0. The number of alkyl halides is 1. The van der Waals surface area contributed by atoms with Gasteiger partial charge in [-0.2, -0.15) is 0 Å². The summed E-state index contributed by atoms with van der Waals surface area (Å²) in [4.78, 5) is 12.0. The maximum absolute atomic E-state index is 12.0.